The van der Waals surface area contributed by atoms with E-state index in [0.29, 0.717) is 18.9 Å². The average molecular weight is 382 g/mol. The lowest BCUT2D eigenvalue weighted by molar-refractivity contribution is -0.144. The summed E-state index contributed by atoms with van der Waals surface area (Å²) in [7, 11) is 0. The zero-order valence-corrected chi connectivity index (χ0v) is 15.3. The molecular formula is C21H22N2O5. The number of carbonyl (C=O) groups is 2. The van der Waals surface area contributed by atoms with E-state index < -0.39 is 12.0 Å². The number of hydrogen-bond donors (Lipinski definition) is 2. The number of benzene rings is 2. The first kappa shape index (κ1) is 18.5. The fourth-order valence-corrected chi connectivity index (χ4v) is 3.72. The molecule has 2 aliphatic heterocycles. The van der Waals surface area contributed by atoms with Gasteiger partial charge in [-0.1, -0.05) is 36.4 Å². The number of carbonyl (C=O) groups excluding carboxylic acids is 2. The maximum absolute atomic E-state index is 13.2. The van der Waals surface area contributed by atoms with Crippen LogP contribution in [-0.4, -0.2) is 41.2 Å². The van der Waals surface area contributed by atoms with Crippen molar-refractivity contribution in [2.75, 3.05) is 13.2 Å². The lowest BCUT2D eigenvalue weighted by Gasteiger charge is -2.31. The Balaban J connectivity index is 1.69. The van der Waals surface area contributed by atoms with Crippen molar-refractivity contribution in [3.63, 3.8) is 0 Å². The van der Waals surface area contributed by atoms with Gasteiger partial charge in [0, 0.05) is 17.7 Å². The molecular weight excluding hydrogens is 360 g/mol. The van der Waals surface area contributed by atoms with Gasteiger partial charge in [-0.25, -0.2) is 5.48 Å². The van der Waals surface area contributed by atoms with Crippen molar-refractivity contribution in [2.45, 2.75) is 31.5 Å². The summed E-state index contributed by atoms with van der Waals surface area (Å²) in [4.78, 5) is 26.7. The van der Waals surface area contributed by atoms with E-state index in [9.17, 15) is 9.59 Å². The van der Waals surface area contributed by atoms with Gasteiger partial charge >= 0.3 is 0 Å². The predicted octanol–water partition coefficient (Wildman–Crippen LogP) is 2.45. The van der Waals surface area contributed by atoms with Crippen LogP contribution in [0, 0.1) is 0 Å². The van der Waals surface area contributed by atoms with Crippen LogP contribution in [0.1, 0.15) is 40.4 Å². The van der Waals surface area contributed by atoms with Gasteiger partial charge in [0.2, 0.25) is 0 Å². The largest absolute Gasteiger partial charge is 0.491 e. The van der Waals surface area contributed by atoms with Crippen LogP contribution in [0.25, 0.3) is 0 Å². The summed E-state index contributed by atoms with van der Waals surface area (Å²) in [5.41, 5.74) is 3.70. The minimum absolute atomic E-state index is 0.0417. The van der Waals surface area contributed by atoms with E-state index in [4.69, 9.17) is 14.7 Å². The first-order chi connectivity index (χ1) is 13.7. The molecule has 0 spiro atoms. The van der Waals surface area contributed by atoms with Crippen LogP contribution in [0.5, 0.6) is 5.75 Å². The Morgan fingerprint density at radius 2 is 1.96 bits per heavy atom. The second-order valence-corrected chi connectivity index (χ2v) is 6.97. The summed E-state index contributed by atoms with van der Waals surface area (Å²) in [6.45, 7) is 1.22. The van der Waals surface area contributed by atoms with E-state index in [1.165, 1.54) is 0 Å². The number of amides is 2. The van der Waals surface area contributed by atoms with Gasteiger partial charge in [0.15, 0.2) is 0 Å². The van der Waals surface area contributed by atoms with Gasteiger partial charge in [-0.05, 0) is 30.5 Å². The summed E-state index contributed by atoms with van der Waals surface area (Å²) in [5.74, 6) is -0.118. The normalized spacial score (nSPS) is 21.4. The molecule has 146 valence electrons. The van der Waals surface area contributed by atoms with Gasteiger partial charge in [0.25, 0.3) is 11.8 Å². The molecule has 0 saturated carbocycles. The van der Waals surface area contributed by atoms with Gasteiger partial charge in [-0.3, -0.25) is 14.8 Å². The van der Waals surface area contributed by atoms with E-state index >= 15 is 0 Å². The van der Waals surface area contributed by atoms with Gasteiger partial charge in [-0.2, -0.15) is 0 Å². The standard InChI is InChI=1S/C21H22N2O5/c24-20(22-26)15-8-9-16-12-23(21(25)18-7-4-10-27-18)17(13-28-19(16)11-15)14-5-2-1-3-6-14/h1-3,5-6,8-9,11,17-18,26H,4,7,10,12-13H2,(H,22,24). The van der Waals surface area contributed by atoms with Crippen molar-refractivity contribution in [1.82, 2.24) is 10.4 Å². The Labute approximate surface area is 162 Å². The molecule has 7 heteroatoms. The van der Waals surface area contributed by atoms with E-state index in [1.807, 2.05) is 35.2 Å². The summed E-state index contributed by atoms with van der Waals surface area (Å²) in [6, 6.07) is 14.4. The summed E-state index contributed by atoms with van der Waals surface area (Å²) in [5, 5.41) is 8.87. The van der Waals surface area contributed by atoms with Gasteiger partial charge in [0.05, 0.1) is 12.6 Å². The SMILES string of the molecule is O=C(NO)c1ccc2c(c1)OCC(c1ccccc1)N(C(=O)C1CCCO1)C2. The van der Waals surface area contributed by atoms with Crippen LogP contribution in [0.4, 0.5) is 0 Å². The molecule has 0 aromatic heterocycles. The zero-order valence-electron chi connectivity index (χ0n) is 15.3. The Bertz CT molecular complexity index is 864. The molecule has 2 aliphatic rings. The predicted molar refractivity (Wildman–Crippen MR) is 99.9 cm³/mol. The second kappa shape index (κ2) is 8.00. The van der Waals surface area contributed by atoms with E-state index in [0.717, 1.165) is 24.0 Å². The van der Waals surface area contributed by atoms with Crippen LogP contribution in [0.15, 0.2) is 48.5 Å². The Kier molecular flexibility index (Phi) is 5.27. The summed E-state index contributed by atoms with van der Waals surface area (Å²) >= 11 is 0. The third-order valence-corrected chi connectivity index (χ3v) is 5.22. The van der Waals surface area contributed by atoms with Crippen LogP contribution >= 0.6 is 0 Å². The number of nitrogens with zero attached hydrogens (tertiary/aromatic N) is 1. The fourth-order valence-electron chi connectivity index (χ4n) is 3.72. The molecule has 1 fully saturated rings. The molecule has 2 heterocycles. The number of rotatable bonds is 3. The quantitative estimate of drug-likeness (QED) is 0.629. The highest BCUT2D eigenvalue weighted by molar-refractivity contribution is 5.93. The molecule has 0 aliphatic carbocycles. The molecule has 2 unspecified atom stereocenters. The minimum Gasteiger partial charge on any atom is -0.491 e. The molecule has 4 rings (SSSR count). The average Bonchev–Trinajstić information content (AvgIpc) is 3.21. The number of ether oxygens (including phenoxy) is 2. The summed E-state index contributed by atoms with van der Waals surface area (Å²) in [6.07, 6.45) is 1.18. The van der Waals surface area contributed by atoms with Crippen LogP contribution in [0.2, 0.25) is 0 Å². The third-order valence-electron chi connectivity index (χ3n) is 5.22. The van der Waals surface area contributed by atoms with Crippen LogP contribution in [-0.2, 0) is 16.1 Å². The number of hydroxylamine groups is 1. The molecule has 2 atom stereocenters. The first-order valence-corrected chi connectivity index (χ1v) is 9.34. The lowest BCUT2D eigenvalue weighted by atomic mass is 10.0. The topological polar surface area (TPSA) is 88.1 Å². The summed E-state index contributed by atoms with van der Waals surface area (Å²) < 4.78 is 11.6. The van der Waals surface area contributed by atoms with E-state index in [1.54, 1.807) is 23.7 Å². The van der Waals surface area contributed by atoms with E-state index in [2.05, 4.69) is 0 Å². The van der Waals surface area contributed by atoms with Gasteiger partial charge in [0.1, 0.15) is 18.5 Å². The molecule has 0 bridgehead atoms. The van der Waals surface area contributed by atoms with Gasteiger partial charge < -0.3 is 14.4 Å². The van der Waals surface area contributed by atoms with Crippen molar-refractivity contribution >= 4 is 11.8 Å². The van der Waals surface area contributed by atoms with E-state index in [-0.39, 0.29) is 24.1 Å². The van der Waals surface area contributed by atoms with Crippen molar-refractivity contribution < 1.29 is 24.3 Å². The van der Waals surface area contributed by atoms with Crippen LogP contribution < -0.4 is 10.2 Å². The number of fused-ring (bicyclic) bond motifs is 1. The molecule has 28 heavy (non-hydrogen) atoms. The highest BCUT2D eigenvalue weighted by Gasteiger charge is 2.35. The monoisotopic (exact) mass is 382 g/mol. The third kappa shape index (κ3) is 3.58. The molecule has 1 saturated heterocycles. The van der Waals surface area contributed by atoms with Gasteiger partial charge in [-0.15, -0.1) is 0 Å². The fraction of sp³-hybridized carbons (Fsp3) is 0.333. The van der Waals surface area contributed by atoms with Crippen molar-refractivity contribution in [2.24, 2.45) is 0 Å². The smallest absolute Gasteiger partial charge is 0.274 e. The first-order valence-electron chi connectivity index (χ1n) is 9.34. The number of nitrogens with one attached hydrogen (secondary N) is 1. The Hall–Kier alpha value is -2.90. The molecule has 2 N–H and O–H groups in total. The molecule has 0 radical (unpaired) electrons. The molecule has 2 amide bonds. The maximum atomic E-state index is 13.2. The molecule has 2 aromatic carbocycles. The zero-order chi connectivity index (χ0) is 19.5. The molecule has 2 aromatic rings. The highest BCUT2D eigenvalue weighted by Crippen LogP contribution is 2.33. The molecule has 7 nitrogen and oxygen atoms in total. The Morgan fingerprint density at radius 3 is 2.68 bits per heavy atom. The maximum Gasteiger partial charge on any atom is 0.274 e. The second-order valence-electron chi connectivity index (χ2n) is 6.97. The highest BCUT2D eigenvalue weighted by atomic mass is 16.5. The Morgan fingerprint density at radius 1 is 1.14 bits per heavy atom. The number of hydrogen-bond acceptors (Lipinski definition) is 5. The lowest BCUT2D eigenvalue weighted by Crippen LogP contribution is -2.41. The van der Waals surface area contributed by atoms with Crippen molar-refractivity contribution in [1.29, 1.82) is 0 Å². The van der Waals surface area contributed by atoms with Crippen LogP contribution in [0.3, 0.4) is 0 Å². The minimum atomic E-state index is -0.609. The van der Waals surface area contributed by atoms with Crippen molar-refractivity contribution in [3.8, 4) is 5.75 Å². The van der Waals surface area contributed by atoms with Crippen molar-refractivity contribution in [3.05, 3.63) is 65.2 Å².